The molecule has 6 nitrogen and oxygen atoms in total. The summed E-state index contributed by atoms with van der Waals surface area (Å²) >= 11 is 0. The van der Waals surface area contributed by atoms with Gasteiger partial charge in [-0.05, 0) is 24.7 Å². The molecule has 15 heavy (non-hydrogen) atoms. The van der Waals surface area contributed by atoms with Crippen molar-refractivity contribution in [2.75, 3.05) is 0 Å². The molecule has 6 heteroatoms. The van der Waals surface area contributed by atoms with Gasteiger partial charge in [0.1, 0.15) is 6.54 Å². The number of aryl methyl sites for hydroxylation is 1. The van der Waals surface area contributed by atoms with Gasteiger partial charge in [-0.15, -0.1) is 0 Å². The van der Waals surface area contributed by atoms with Crippen molar-refractivity contribution in [2.24, 2.45) is 5.92 Å². The minimum Gasteiger partial charge on any atom is -0.358 e. The molecule has 1 aromatic heterocycles. The second kappa shape index (κ2) is 3.45. The molecule has 1 aliphatic carbocycles. The summed E-state index contributed by atoms with van der Waals surface area (Å²) in [6.45, 7) is 1.77. The minimum atomic E-state index is -0.534. The van der Waals surface area contributed by atoms with E-state index in [1.165, 1.54) is 4.68 Å². The lowest BCUT2D eigenvalue weighted by atomic mass is 10.3. The first-order chi connectivity index (χ1) is 7.08. The molecule has 1 heterocycles. The molecule has 0 aromatic carbocycles. The average Bonchev–Trinajstić information content (AvgIpc) is 2.91. The number of carbonyl (C=O) groups excluding carboxylic acids is 1. The van der Waals surface area contributed by atoms with E-state index in [1.807, 2.05) is 0 Å². The average molecular weight is 209 g/mol. The molecular weight excluding hydrogens is 198 g/mol. The number of aromatic nitrogens is 2. The Labute approximate surface area is 86.0 Å². The van der Waals surface area contributed by atoms with Gasteiger partial charge in [-0.25, -0.2) is 0 Å². The lowest BCUT2D eigenvalue weighted by Crippen LogP contribution is -2.12. The van der Waals surface area contributed by atoms with Crippen molar-refractivity contribution < 1.29 is 9.72 Å². The number of Topliss-reactive ketones (excluding diaryl/α,β-unsaturated/α-hetero) is 1. The van der Waals surface area contributed by atoms with Crippen molar-refractivity contribution in [2.45, 2.75) is 26.3 Å². The standard InChI is InChI=1S/C9H11N3O3/c1-6-4-11(10-9(6)12(14)15)5-8(13)7-2-3-7/h4,7H,2-3,5H2,1H3. The fraction of sp³-hybridized carbons (Fsp3) is 0.556. The number of nitrogens with zero attached hydrogens (tertiary/aromatic N) is 3. The SMILES string of the molecule is Cc1cn(CC(=O)C2CC2)nc1[N+](=O)[O-]. The third-order valence-electron chi connectivity index (χ3n) is 2.44. The van der Waals surface area contributed by atoms with Crippen LogP contribution in [0.25, 0.3) is 0 Å². The molecular formula is C9H11N3O3. The van der Waals surface area contributed by atoms with Crippen LogP contribution in [0.4, 0.5) is 5.82 Å². The summed E-state index contributed by atoms with van der Waals surface area (Å²) in [5.74, 6) is 0.111. The fourth-order valence-electron chi connectivity index (χ4n) is 1.47. The number of hydrogen-bond acceptors (Lipinski definition) is 4. The molecule has 0 bridgehead atoms. The minimum absolute atomic E-state index is 0.118. The Kier molecular flexibility index (Phi) is 2.26. The highest BCUT2D eigenvalue weighted by atomic mass is 16.6. The van der Waals surface area contributed by atoms with Gasteiger partial charge in [-0.2, -0.15) is 4.68 Å². The van der Waals surface area contributed by atoms with E-state index in [4.69, 9.17) is 0 Å². The summed E-state index contributed by atoms with van der Waals surface area (Å²) < 4.78 is 1.36. The van der Waals surface area contributed by atoms with E-state index < -0.39 is 4.92 Å². The third kappa shape index (κ3) is 2.03. The van der Waals surface area contributed by atoms with Crippen LogP contribution in [0.3, 0.4) is 0 Å². The van der Waals surface area contributed by atoms with Crippen molar-refractivity contribution >= 4 is 11.6 Å². The van der Waals surface area contributed by atoms with Gasteiger partial charge in [0.15, 0.2) is 5.78 Å². The second-order valence-electron chi connectivity index (χ2n) is 3.83. The maximum absolute atomic E-state index is 11.4. The first-order valence-corrected chi connectivity index (χ1v) is 4.79. The van der Waals surface area contributed by atoms with Crippen LogP contribution in [0.15, 0.2) is 6.20 Å². The summed E-state index contributed by atoms with van der Waals surface area (Å²) in [5, 5.41) is 14.3. The molecule has 80 valence electrons. The van der Waals surface area contributed by atoms with Gasteiger partial charge in [-0.3, -0.25) is 4.79 Å². The van der Waals surface area contributed by atoms with Crippen LogP contribution in [0, 0.1) is 23.0 Å². The molecule has 1 fully saturated rings. The summed E-state index contributed by atoms with van der Waals surface area (Å²) in [6, 6.07) is 0. The summed E-state index contributed by atoms with van der Waals surface area (Å²) in [6.07, 6.45) is 3.43. The molecule has 2 rings (SSSR count). The normalized spacial score (nSPS) is 15.3. The van der Waals surface area contributed by atoms with Gasteiger partial charge in [0.2, 0.25) is 0 Å². The smallest absolute Gasteiger partial charge is 0.358 e. The maximum atomic E-state index is 11.4. The molecule has 1 saturated carbocycles. The zero-order valence-electron chi connectivity index (χ0n) is 8.34. The van der Waals surface area contributed by atoms with Gasteiger partial charge < -0.3 is 10.1 Å². The zero-order chi connectivity index (χ0) is 11.0. The molecule has 1 aromatic rings. The summed E-state index contributed by atoms with van der Waals surface area (Å²) in [7, 11) is 0. The van der Waals surface area contributed by atoms with Crippen molar-refractivity contribution in [3.05, 3.63) is 21.9 Å². The molecule has 0 N–H and O–H groups in total. The van der Waals surface area contributed by atoms with E-state index in [2.05, 4.69) is 5.10 Å². The quantitative estimate of drug-likeness (QED) is 0.549. The largest absolute Gasteiger partial charge is 0.392 e. The van der Waals surface area contributed by atoms with Gasteiger partial charge in [0.25, 0.3) is 0 Å². The number of hydrogen-bond donors (Lipinski definition) is 0. The Morgan fingerprint density at radius 2 is 2.40 bits per heavy atom. The Hall–Kier alpha value is -1.72. The van der Waals surface area contributed by atoms with Crippen LogP contribution >= 0.6 is 0 Å². The highest BCUT2D eigenvalue weighted by Crippen LogP contribution is 2.30. The van der Waals surface area contributed by atoms with E-state index in [1.54, 1.807) is 13.1 Å². The van der Waals surface area contributed by atoms with Crippen LogP contribution in [-0.4, -0.2) is 20.5 Å². The van der Waals surface area contributed by atoms with E-state index in [0.29, 0.717) is 5.56 Å². The number of ketones is 1. The monoisotopic (exact) mass is 209 g/mol. The van der Waals surface area contributed by atoms with Gasteiger partial charge in [-0.1, -0.05) is 0 Å². The van der Waals surface area contributed by atoms with E-state index >= 15 is 0 Å². The zero-order valence-corrected chi connectivity index (χ0v) is 8.34. The summed E-state index contributed by atoms with van der Waals surface area (Å²) in [5.41, 5.74) is 0.489. The van der Waals surface area contributed by atoms with E-state index in [9.17, 15) is 14.9 Å². The molecule has 0 saturated heterocycles. The molecule has 1 aliphatic rings. The molecule has 0 radical (unpaired) electrons. The van der Waals surface area contributed by atoms with Gasteiger partial charge in [0.05, 0.1) is 16.9 Å². The first-order valence-electron chi connectivity index (χ1n) is 4.79. The first kappa shape index (κ1) is 9.82. The molecule has 0 amide bonds. The highest BCUT2D eigenvalue weighted by Gasteiger charge is 2.30. The molecule has 0 aliphatic heterocycles. The van der Waals surface area contributed by atoms with Crippen LogP contribution in [0.2, 0.25) is 0 Å². The highest BCUT2D eigenvalue weighted by molar-refractivity contribution is 5.82. The fourth-order valence-corrected chi connectivity index (χ4v) is 1.47. The Morgan fingerprint density at radius 1 is 1.73 bits per heavy atom. The van der Waals surface area contributed by atoms with Crippen LogP contribution in [-0.2, 0) is 11.3 Å². The Bertz CT molecular complexity index is 420. The second-order valence-corrected chi connectivity index (χ2v) is 3.83. The predicted octanol–water partition coefficient (Wildman–Crippen LogP) is 1.08. The van der Waals surface area contributed by atoms with Crippen LogP contribution in [0.5, 0.6) is 0 Å². The van der Waals surface area contributed by atoms with E-state index in [0.717, 1.165) is 12.8 Å². The lowest BCUT2D eigenvalue weighted by Gasteiger charge is -1.93. The summed E-state index contributed by atoms with van der Waals surface area (Å²) in [4.78, 5) is 21.4. The molecule has 0 atom stereocenters. The predicted molar refractivity (Wildman–Crippen MR) is 51.3 cm³/mol. The lowest BCUT2D eigenvalue weighted by molar-refractivity contribution is -0.390. The van der Waals surface area contributed by atoms with Gasteiger partial charge in [0, 0.05) is 5.92 Å². The number of rotatable bonds is 4. The molecule has 0 spiro atoms. The van der Waals surface area contributed by atoms with Crippen LogP contribution in [0.1, 0.15) is 18.4 Å². The Balaban J connectivity index is 2.11. The van der Waals surface area contributed by atoms with Crippen molar-refractivity contribution in [3.63, 3.8) is 0 Å². The van der Waals surface area contributed by atoms with Gasteiger partial charge >= 0.3 is 5.82 Å². The number of nitro groups is 1. The third-order valence-corrected chi connectivity index (χ3v) is 2.44. The molecule has 0 unspecified atom stereocenters. The van der Waals surface area contributed by atoms with Crippen molar-refractivity contribution in [1.82, 2.24) is 9.78 Å². The Morgan fingerprint density at radius 3 is 2.87 bits per heavy atom. The topological polar surface area (TPSA) is 78.0 Å². The van der Waals surface area contributed by atoms with Crippen molar-refractivity contribution in [3.8, 4) is 0 Å². The van der Waals surface area contributed by atoms with Crippen LogP contribution < -0.4 is 0 Å². The van der Waals surface area contributed by atoms with E-state index in [-0.39, 0.29) is 24.1 Å². The number of carbonyl (C=O) groups is 1. The van der Waals surface area contributed by atoms with Crippen molar-refractivity contribution in [1.29, 1.82) is 0 Å². The maximum Gasteiger partial charge on any atom is 0.392 e.